The summed E-state index contributed by atoms with van der Waals surface area (Å²) in [6.45, 7) is 1.73. The molecule has 0 saturated carbocycles. The highest BCUT2D eigenvalue weighted by Crippen LogP contribution is 2.19. The number of halogens is 3. The van der Waals surface area contributed by atoms with Gasteiger partial charge < -0.3 is 9.80 Å². The van der Waals surface area contributed by atoms with Crippen LogP contribution in [0.15, 0.2) is 42.5 Å². The van der Waals surface area contributed by atoms with Crippen molar-refractivity contribution in [2.75, 3.05) is 26.2 Å². The molecule has 0 aliphatic carbocycles. The van der Waals surface area contributed by atoms with Gasteiger partial charge in [-0.15, -0.1) is 0 Å². The third-order valence-electron chi connectivity index (χ3n) is 4.34. The highest BCUT2D eigenvalue weighted by molar-refractivity contribution is 6.31. The molecule has 26 heavy (non-hydrogen) atoms. The van der Waals surface area contributed by atoms with Crippen LogP contribution in [0.1, 0.15) is 15.9 Å². The van der Waals surface area contributed by atoms with Crippen LogP contribution in [0.4, 0.5) is 4.39 Å². The van der Waals surface area contributed by atoms with E-state index < -0.39 is 5.82 Å². The summed E-state index contributed by atoms with van der Waals surface area (Å²) in [5.74, 6) is -0.658. The first-order chi connectivity index (χ1) is 12.4. The lowest BCUT2D eigenvalue weighted by Gasteiger charge is -2.35. The van der Waals surface area contributed by atoms with Crippen LogP contribution >= 0.6 is 23.2 Å². The maximum Gasteiger partial charge on any atom is 0.254 e. The molecule has 0 aromatic heterocycles. The summed E-state index contributed by atoms with van der Waals surface area (Å²) in [6.07, 6.45) is 0.0405. The van der Waals surface area contributed by atoms with Crippen LogP contribution in [0.3, 0.4) is 0 Å². The maximum atomic E-state index is 13.3. The second-order valence-corrected chi connectivity index (χ2v) is 6.94. The highest BCUT2D eigenvalue weighted by Gasteiger charge is 2.25. The Morgan fingerprint density at radius 3 is 2.35 bits per heavy atom. The van der Waals surface area contributed by atoms with E-state index in [1.54, 1.807) is 34.1 Å². The van der Waals surface area contributed by atoms with Crippen molar-refractivity contribution in [2.24, 2.45) is 0 Å². The summed E-state index contributed by atoms with van der Waals surface area (Å²) in [4.78, 5) is 28.3. The van der Waals surface area contributed by atoms with Crippen LogP contribution < -0.4 is 0 Å². The van der Waals surface area contributed by atoms with Gasteiger partial charge in [-0.1, -0.05) is 29.3 Å². The van der Waals surface area contributed by atoms with Crippen molar-refractivity contribution in [1.29, 1.82) is 0 Å². The van der Waals surface area contributed by atoms with Gasteiger partial charge in [0.2, 0.25) is 5.91 Å². The summed E-state index contributed by atoms with van der Waals surface area (Å²) < 4.78 is 13.3. The first-order valence-electron chi connectivity index (χ1n) is 8.20. The first kappa shape index (κ1) is 18.7. The molecule has 1 saturated heterocycles. The number of carbonyl (C=O) groups is 2. The van der Waals surface area contributed by atoms with Gasteiger partial charge in [-0.05, 0) is 42.0 Å². The molecular weight excluding hydrogens is 378 g/mol. The standard InChI is InChI=1S/C19H17Cl2FN2O2/c20-15-3-1-2-13(10-15)19(26)24-8-6-23(7-9-24)18(25)12-14-11-16(22)4-5-17(14)21/h1-5,10-11H,6-9,12H2. The number of hydrogen-bond acceptors (Lipinski definition) is 2. The molecule has 0 spiro atoms. The number of carbonyl (C=O) groups excluding carboxylic acids is 2. The Bertz CT molecular complexity index is 836. The summed E-state index contributed by atoms with van der Waals surface area (Å²) in [5.41, 5.74) is 0.998. The lowest BCUT2D eigenvalue weighted by Crippen LogP contribution is -2.51. The Hall–Kier alpha value is -2.11. The van der Waals surface area contributed by atoms with Crippen molar-refractivity contribution in [1.82, 2.24) is 9.80 Å². The average molecular weight is 395 g/mol. The van der Waals surface area contributed by atoms with Gasteiger partial charge in [0, 0.05) is 41.8 Å². The normalized spacial score (nSPS) is 14.4. The van der Waals surface area contributed by atoms with Gasteiger partial charge in [0.15, 0.2) is 0 Å². The molecule has 1 aliphatic rings. The molecular formula is C19H17Cl2FN2O2. The van der Waals surface area contributed by atoms with Crippen molar-refractivity contribution >= 4 is 35.0 Å². The molecule has 1 fully saturated rings. The number of amides is 2. The fourth-order valence-electron chi connectivity index (χ4n) is 2.92. The zero-order valence-electron chi connectivity index (χ0n) is 13.9. The number of nitrogens with zero attached hydrogens (tertiary/aromatic N) is 2. The third kappa shape index (κ3) is 4.34. The fourth-order valence-corrected chi connectivity index (χ4v) is 3.29. The smallest absolute Gasteiger partial charge is 0.254 e. The van der Waals surface area contributed by atoms with Gasteiger partial charge in [-0.25, -0.2) is 4.39 Å². The summed E-state index contributed by atoms with van der Waals surface area (Å²) in [6, 6.07) is 10.8. The topological polar surface area (TPSA) is 40.6 Å². The summed E-state index contributed by atoms with van der Waals surface area (Å²) >= 11 is 12.0. The van der Waals surface area contributed by atoms with Crippen molar-refractivity contribution in [3.05, 3.63) is 69.5 Å². The zero-order chi connectivity index (χ0) is 18.7. The molecule has 4 nitrogen and oxygen atoms in total. The fraction of sp³-hybridized carbons (Fsp3) is 0.263. The Balaban J connectivity index is 1.58. The van der Waals surface area contributed by atoms with E-state index in [0.29, 0.717) is 47.4 Å². The lowest BCUT2D eigenvalue weighted by molar-refractivity contribution is -0.131. The highest BCUT2D eigenvalue weighted by atomic mass is 35.5. The van der Waals surface area contributed by atoms with Crippen LogP contribution in [0.5, 0.6) is 0 Å². The van der Waals surface area contributed by atoms with E-state index in [4.69, 9.17) is 23.2 Å². The Labute approximate surface area is 161 Å². The summed E-state index contributed by atoms with van der Waals surface area (Å²) in [7, 11) is 0. The van der Waals surface area contributed by atoms with E-state index >= 15 is 0 Å². The lowest BCUT2D eigenvalue weighted by atomic mass is 10.1. The second kappa shape index (κ2) is 8.06. The minimum Gasteiger partial charge on any atom is -0.339 e. The molecule has 0 N–H and O–H groups in total. The van der Waals surface area contributed by atoms with Crippen LogP contribution in [0, 0.1) is 5.82 Å². The van der Waals surface area contributed by atoms with Crippen LogP contribution in [-0.2, 0) is 11.2 Å². The SMILES string of the molecule is O=C(Cc1cc(F)ccc1Cl)N1CCN(C(=O)c2cccc(Cl)c2)CC1. The molecule has 3 rings (SSSR count). The van der Waals surface area contributed by atoms with E-state index in [1.807, 2.05) is 0 Å². The predicted octanol–water partition coefficient (Wildman–Crippen LogP) is 3.66. The molecule has 0 bridgehead atoms. The maximum absolute atomic E-state index is 13.3. The van der Waals surface area contributed by atoms with E-state index in [9.17, 15) is 14.0 Å². The van der Waals surface area contributed by atoms with Gasteiger partial charge in [0.25, 0.3) is 5.91 Å². The van der Waals surface area contributed by atoms with Crippen molar-refractivity contribution in [3.8, 4) is 0 Å². The van der Waals surface area contributed by atoms with Gasteiger partial charge in [0.05, 0.1) is 6.42 Å². The van der Waals surface area contributed by atoms with E-state index in [1.165, 1.54) is 18.2 Å². The quantitative estimate of drug-likeness (QED) is 0.796. The number of hydrogen-bond donors (Lipinski definition) is 0. The largest absolute Gasteiger partial charge is 0.339 e. The van der Waals surface area contributed by atoms with Crippen molar-refractivity contribution in [2.45, 2.75) is 6.42 Å². The van der Waals surface area contributed by atoms with Crippen molar-refractivity contribution in [3.63, 3.8) is 0 Å². The third-order valence-corrected chi connectivity index (χ3v) is 4.94. The minimum atomic E-state index is -0.422. The molecule has 7 heteroatoms. The van der Waals surface area contributed by atoms with E-state index in [-0.39, 0.29) is 18.2 Å². The molecule has 136 valence electrons. The molecule has 1 aliphatic heterocycles. The molecule has 0 atom stereocenters. The second-order valence-electron chi connectivity index (χ2n) is 6.10. The van der Waals surface area contributed by atoms with Gasteiger partial charge in [-0.3, -0.25) is 9.59 Å². The van der Waals surface area contributed by atoms with Crippen LogP contribution in [-0.4, -0.2) is 47.8 Å². The van der Waals surface area contributed by atoms with E-state index in [2.05, 4.69) is 0 Å². The predicted molar refractivity (Wildman–Crippen MR) is 99.0 cm³/mol. The molecule has 1 heterocycles. The monoisotopic (exact) mass is 394 g/mol. The van der Waals surface area contributed by atoms with Gasteiger partial charge in [0.1, 0.15) is 5.82 Å². The summed E-state index contributed by atoms with van der Waals surface area (Å²) in [5, 5.41) is 0.881. The van der Waals surface area contributed by atoms with Crippen molar-refractivity contribution < 1.29 is 14.0 Å². The van der Waals surface area contributed by atoms with Gasteiger partial charge >= 0.3 is 0 Å². The number of piperazine rings is 1. The van der Waals surface area contributed by atoms with E-state index in [0.717, 1.165) is 0 Å². The first-order valence-corrected chi connectivity index (χ1v) is 8.96. The number of benzene rings is 2. The molecule has 2 amide bonds. The Kier molecular flexibility index (Phi) is 5.79. The molecule has 2 aromatic carbocycles. The van der Waals surface area contributed by atoms with Crippen LogP contribution in [0.25, 0.3) is 0 Å². The molecule has 2 aromatic rings. The van der Waals surface area contributed by atoms with Gasteiger partial charge in [-0.2, -0.15) is 0 Å². The minimum absolute atomic E-state index is 0.0405. The Morgan fingerprint density at radius 2 is 1.65 bits per heavy atom. The molecule has 0 unspecified atom stereocenters. The zero-order valence-corrected chi connectivity index (χ0v) is 15.4. The molecule has 0 radical (unpaired) electrons. The Morgan fingerprint density at radius 1 is 0.962 bits per heavy atom. The van der Waals surface area contributed by atoms with Crippen LogP contribution in [0.2, 0.25) is 10.0 Å². The average Bonchev–Trinajstić information content (AvgIpc) is 2.64. The number of rotatable bonds is 3.